The lowest BCUT2D eigenvalue weighted by molar-refractivity contribution is 0.0655. The zero-order valence-corrected chi connectivity index (χ0v) is 14.6. The van der Waals surface area contributed by atoms with E-state index in [9.17, 15) is 22.8 Å². The zero-order chi connectivity index (χ0) is 18.2. The van der Waals surface area contributed by atoms with Crippen LogP contribution in [-0.2, 0) is 9.84 Å². The Balaban J connectivity index is 1.53. The number of fused-ring (bicyclic) bond motifs is 1. The summed E-state index contributed by atoms with van der Waals surface area (Å²) in [5, 5.41) is 2.63. The van der Waals surface area contributed by atoms with Crippen molar-refractivity contribution in [1.82, 2.24) is 15.1 Å². The molecule has 25 heavy (non-hydrogen) atoms. The molecule has 0 aliphatic carbocycles. The van der Waals surface area contributed by atoms with Crippen molar-refractivity contribution in [3.63, 3.8) is 0 Å². The van der Waals surface area contributed by atoms with Gasteiger partial charge in [0, 0.05) is 26.2 Å². The molecule has 8 nitrogen and oxygen atoms in total. The molecule has 0 spiro atoms. The highest BCUT2D eigenvalue weighted by Crippen LogP contribution is 2.21. The maximum Gasteiger partial charge on any atom is 0.317 e. The second kappa shape index (κ2) is 6.47. The van der Waals surface area contributed by atoms with Gasteiger partial charge in [-0.3, -0.25) is 14.5 Å². The van der Waals surface area contributed by atoms with Gasteiger partial charge in [0.05, 0.1) is 22.6 Å². The Morgan fingerprint density at radius 3 is 2.36 bits per heavy atom. The molecule has 1 saturated heterocycles. The molecule has 0 radical (unpaired) electrons. The van der Waals surface area contributed by atoms with Gasteiger partial charge < -0.3 is 10.2 Å². The van der Waals surface area contributed by atoms with E-state index in [4.69, 9.17) is 0 Å². The third-order valence-corrected chi connectivity index (χ3v) is 6.32. The normalized spacial score (nSPS) is 21.3. The molecule has 0 aromatic heterocycles. The van der Waals surface area contributed by atoms with Crippen molar-refractivity contribution in [1.29, 1.82) is 0 Å². The molecule has 1 N–H and O–H groups in total. The van der Waals surface area contributed by atoms with Crippen LogP contribution in [0.15, 0.2) is 24.3 Å². The van der Waals surface area contributed by atoms with Gasteiger partial charge in [-0.1, -0.05) is 12.1 Å². The number of urea groups is 1. The van der Waals surface area contributed by atoms with E-state index in [-0.39, 0.29) is 42.5 Å². The van der Waals surface area contributed by atoms with Gasteiger partial charge in [0.2, 0.25) is 0 Å². The van der Waals surface area contributed by atoms with E-state index < -0.39 is 15.9 Å². The largest absolute Gasteiger partial charge is 0.336 e. The predicted molar refractivity (Wildman–Crippen MR) is 90.0 cm³/mol. The van der Waals surface area contributed by atoms with E-state index in [0.29, 0.717) is 17.5 Å². The van der Waals surface area contributed by atoms with Crippen LogP contribution in [0.25, 0.3) is 0 Å². The van der Waals surface area contributed by atoms with Crippen LogP contribution < -0.4 is 5.32 Å². The number of nitrogens with one attached hydrogen (secondary N) is 1. The molecule has 2 aliphatic heterocycles. The number of amides is 4. The highest BCUT2D eigenvalue weighted by atomic mass is 32.2. The number of hydrogen-bond acceptors (Lipinski definition) is 5. The Bertz CT molecular complexity index is 801. The Kier molecular flexibility index (Phi) is 4.51. The van der Waals surface area contributed by atoms with E-state index in [0.717, 1.165) is 4.90 Å². The zero-order valence-electron chi connectivity index (χ0n) is 13.8. The minimum Gasteiger partial charge on any atom is -0.336 e. The third-order valence-electron chi connectivity index (χ3n) is 4.57. The lowest BCUT2D eigenvalue weighted by Gasteiger charge is -2.24. The van der Waals surface area contributed by atoms with Crippen molar-refractivity contribution in [3.05, 3.63) is 35.4 Å². The number of rotatable bonds is 4. The molecule has 1 aromatic carbocycles. The topological polar surface area (TPSA) is 104 Å². The third kappa shape index (κ3) is 3.37. The molecule has 134 valence electrons. The maximum absolute atomic E-state index is 12.2. The fraction of sp³-hybridized carbons (Fsp3) is 0.438. The first-order valence-electron chi connectivity index (χ1n) is 7.96. The smallest absolute Gasteiger partial charge is 0.317 e. The fourth-order valence-corrected chi connectivity index (χ4v) is 4.86. The molecule has 1 fully saturated rings. The van der Waals surface area contributed by atoms with Gasteiger partial charge >= 0.3 is 6.03 Å². The second-order valence-electron chi connectivity index (χ2n) is 6.21. The van der Waals surface area contributed by atoms with Crippen LogP contribution in [0.4, 0.5) is 4.79 Å². The van der Waals surface area contributed by atoms with Crippen molar-refractivity contribution in [2.45, 2.75) is 12.5 Å². The summed E-state index contributed by atoms with van der Waals surface area (Å²) in [6.07, 6.45) is 0.421. The minimum atomic E-state index is -3.07. The van der Waals surface area contributed by atoms with E-state index in [1.807, 2.05) is 0 Å². The molecule has 1 atom stereocenters. The molecular formula is C16H19N3O5S. The lowest BCUT2D eigenvalue weighted by atomic mass is 10.1. The van der Waals surface area contributed by atoms with Crippen molar-refractivity contribution in [2.75, 3.05) is 31.6 Å². The van der Waals surface area contributed by atoms with Gasteiger partial charge in [-0.2, -0.15) is 0 Å². The Hall–Kier alpha value is -2.42. The summed E-state index contributed by atoms with van der Waals surface area (Å²) < 4.78 is 23.0. The molecule has 1 aromatic rings. The number of benzene rings is 1. The first kappa shape index (κ1) is 17.4. The SMILES string of the molecule is CN(C(=O)NCCN1C(=O)c2ccccc2C1=O)C1CCS(=O)(=O)C1. The number of nitrogens with zero attached hydrogens (tertiary/aromatic N) is 2. The summed E-state index contributed by atoms with van der Waals surface area (Å²) in [5.74, 6) is -0.685. The highest BCUT2D eigenvalue weighted by Gasteiger charge is 2.35. The first-order chi connectivity index (χ1) is 11.8. The monoisotopic (exact) mass is 365 g/mol. The lowest BCUT2D eigenvalue weighted by Crippen LogP contribution is -2.46. The molecule has 4 amide bonds. The van der Waals surface area contributed by atoms with Gasteiger partial charge in [0.1, 0.15) is 0 Å². The van der Waals surface area contributed by atoms with E-state index in [2.05, 4.69) is 5.32 Å². The van der Waals surface area contributed by atoms with E-state index in [1.165, 1.54) is 4.90 Å². The van der Waals surface area contributed by atoms with Gasteiger partial charge in [-0.25, -0.2) is 13.2 Å². The molecule has 0 bridgehead atoms. The van der Waals surface area contributed by atoms with Gasteiger partial charge in [-0.05, 0) is 18.6 Å². The fourth-order valence-electron chi connectivity index (χ4n) is 3.09. The molecule has 1 unspecified atom stereocenters. The number of carbonyl (C=O) groups is 3. The first-order valence-corrected chi connectivity index (χ1v) is 9.78. The molecule has 9 heteroatoms. The van der Waals surface area contributed by atoms with Crippen LogP contribution in [0.1, 0.15) is 27.1 Å². The Morgan fingerprint density at radius 1 is 1.24 bits per heavy atom. The van der Waals surface area contributed by atoms with Crippen molar-refractivity contribution in [3.8, 4) is 0 Å². The van der Waals surface area contributed by atoms with Crippen LogP contribution in [0, 0.1) is 0 Å². The average Bonchev–Trinajstić information content (AvgIpc) is 3.06. The van der Waals surface area contributed by atoms with Crippen molar-refractivity contribution >= 4 is 27.7 Å². The van der Waals surface area contributed by atoms with Crippen LogP contribution in [0.2, 0.25) is 0 Å². The summed E-state index contributed by atoms with van der Waals surface area (Å²) in [5.41, 5.74) is 0.735. The number of carbonyl (C=O) groups excluding carboxylic acids is 3. The average molecular weight is 365 g/mol. The second-order valence-corrected chi connectivity index (χ2v) is 8.44. The summed E-state index contributed by atoms with van der Waals surface area (Å²) in [6.45, 7) is 0.170. The number of hydrogen-bond donors (Lipinski definition) is 1. The highest BCUT2D eigenvalue weighted by molar-refractivity contribution is 7.91. The predicted octanol–water partition coefficient (Wildman–Crippen LogP) is 0.111. The quantitative estimate of drug-likeness (QED) is 0.763. The summed E-state index contributed by atoms with van der Waals surface area (Å²) in [4.78, 5) is 39.0. The van der Waals surface area contributed by atoms with Gasteiger partial charge in [0.15, 0.2) is 9.84 Å². The van der Waals surface area contributed by atoms with Gasteiger partial charge in [-0.15, -0.1) is 0 Å². The molecule has 3 rings (SSSR count). The Morgan fingerprint density at radius 2 is 1.84 bits per heavy atom. The summed E-state index contributed by atoms with van der Waals surface area (Å²) in [6, 6.07) is 5.83. The Labute approximate surface area is 145 Å². The standard InChI is InChI=1S/C16H19N3O5S/c1-18(11-6-9-25(23,24)10-11)16(22)17-7-8-19-14(20)12-4-2-3-5-13(12)15(19)21/h2-5,11H,6-10H2,1H3,(H,17,22). The molecule has 0 saturated carbocycles. The summed E-state index contributed by atoms with van der Waals surface area (Å²) in [7, 11) is -1.53. The van der Waals surface area contributed by atoms with Gasteiger partial charge in [0.25, 0.3) is 11.8 Å². The van der Waals surface area contributed by atoms with Crippen molar-refractivity contribution < 1.29 is 22.8 Å². The van der Waals surface area contributed by atoms with Crippen LogP contribution >= 0.6 is 0 Å². The molecular weight excluding hydrogens is 346 g/mol. The van der Waals surface area contributed by atoms with E-state index >= 15 is 0 Å². The maximum atomic E-state index is 12.2. The minimum absolute atomic E-state index is 0.0324. The van der Waals surface area contributed by atoms with Crippen LogP contribution in [0.3, 0.4) is 0 Å². The van der Waals surface area contributed by atoms with Crippen molar-refractivity contribution in [2.24, 2.45) is 0 Å². The summed E-state index contributed by atoms with van der Waals surface area (Å²) >= 11 is 0. The van der Waals surface area contributed by atoms with Crippen LogP contribution in [0.5, 0.6) is 0 Å². The molecule has 2 aliphatic rings. The van der Waals surface area contributed by atoms with E-state index in [1.54, 1.807) is 31.3 Å². The number of imide groups is 1. The molecule has 2 heterocycles. The number of sulfone groups is 1. The van der Waals surface area contributed by atoms with Crippen LogP contribution in [-0.4, -0.2) is 73.7 Å².